The molecule has 260 valence electrons. The van der Waals surface area contributed by atoms with Crippen molar-refractivity contribution < 1.29 is 0 Å². The van der Waals surface area contributed by atoms with Crippen molar-refractivity contribution >= 4 is 32.7 Å². The molecule has 0 bridgehead atoms. The van der Waals surface area contributed by atoms with Crippen LogP contribution < -0.4 is 0 Å². The van der Waals surface area contributed by atoms with Crippen molar-refractivity contribution in [2.45, 2.75) is 19.3 Å². The van der Waals surface area contributed by atoms with Crippen molar-refractivity contribution in [2.24, 2.45) is 0 Å². The van der Waals surface area contributed by atoms with Gasteiger partial charge in [-0.3, -0.25) is 0 Å². The molecule has 0 N–H and O–H groups in total. The molecule has 0 fully saturated rings. The molecule has 5 nitrogen and oxygen atoms in total. The Morgan fingerprint density at radius 2 is 0.982 bits per heavy atom. The van der Waals surface area contributed by atoms with Crippen molar-refractivity contribution in [1.29, 1.82) is 0 Å². The summed E-state index contributed by atoms with van der Waals surface area (Å²) in [4.78, 5) is 14.8. The highest BCUT2D eigenvalue weighted by molar-refractivity contribution is 6.19. The van der Waals surface area contributed by atoms with E-state index in [0.29, 0.717) is 17.5 Å². The van der Waals surface area contributed by atoms with E-state index in [9.17, 15) is 0 Å². The first-order valence-electron chi connectivity index (χ1n) is 18.8. The fourth-order valence-electron chi connectivity index (χ4n) is 8.64. The lowest BCUT2D eigenvalue weighted by molar-refractivity contribution is 0.645. The number of hydrogen-bond donors (Lipinski definition) is 0. The van der Waals surface area contributed by atoms with Crippen molar-refractivity contribution in [3.8, 4) is 56.7 Å². The van der Waals surface area contributed by atoms with E-state index >= 15 is 0 Å². The molecule has 7 aromatic carbocycles. The smallest absolute Gasteiger partial charge is 0.164 e. The van der Waals surface area contributed by atoms with Crippen LogP contribution in [-0.4, -0.2) is 24.1 Å². The summed E-state index contributed by atoms with van der Waals surface area (Å²) >= 11 is 0. The van der Waals surface area contributed by atoms with Gasteiger partial charge < -0.3 is 9.13 Å². The van der Waals surface area contributed by atoms with Gasteiger partial charge in [0.05, 0.1) is 16.6 Å². The maximum atomic E-state index is 4.98. The minimum Gasteiger partial charge on any atom is -0.312 e. The highest BCUT2D eigenvalue weighted by atomic mass is 15.1. The molecule has 1 aliphatic heterocycles. The second-order valence-electron chi connectivity index (χ2n) is 14.9. The average molecular weight is 706 g/mol. The minimum atomic E-state index is -0.0947. The molecule has 0 aliphatic carbocycles. The summed E-state index contributed by atoms with van der Waals surface area (Å²) in [7, 11) is 0. The number of fused-ring (bicyclic) bond motifs is 9. The van der Waals surface area contributed by atoms with Crippen LogP contribution >= 0.6 is 0 Å². The van der Waals surface area contributed by atoms with Gasteiger partial charge in [0.2, 0.25) is 0 Å². The zero-order chi connectivity index (χ0) is 36.7. The van der Waals surface area contributed by atoms with E-state index in [-0.39, 0.29) is 5.41 Å². The highest BCUT2D eigenvalue weighted by Gasteiger charge is 2.37. The fraction of sp³-hybridized carbons (Fsp3) is 0.0600. The van der Waals surface area contributed by atoms with Crippen LogP contribution in [0.5, 0.6) is 0 Å². The molecule has 0 spiro atoms. The van der Waals surface area contributed by atoms with E-state index in [1.165, 1.54) is 49.7 Å². The van der Waals surface area contributed by atoms with E-state index in [2.05, 4.69) is 138 Å². The van der Waals surface area contributed by atoms with Gasteiger partial charge in [-0.05, 0) is 59.2 Å². The number of rotatable bonds is 5. The van der Waals surface area contributed by atoms with Gasteiger partial charge >= 0.3 is 0 Å². The lowest BCUT2D eigenvalue weighted by Crippen LogP contribution is -2.14. The normalized spacial score (nSPS) is 13.1. The predicted octanol–water partition coefficient (Wildman–Crippen LogP) is 12.2. The van der Waals surface area contributed by atoms with Crippen molar-refractivity contribution in [2.75, 3.05) is 0 Å². The first kappa shape index (κ1) is 31.4. The van der Waals surface area contributed by atoms with Gasteiger partial charge in [-0.2, -0.15) is 0 Å². The summed E-state index contributed by atoms with van der Waals surface area (Å²) in [5.74, 6) is 1.95. The Morgan fingerprint density at radius 3 is 1.71 bits per heavy atom. The van der Waals surface area contributed by atoms with E-state index in [0.717, 1.165) is 33.5 Å². The molecule has 5 heteroatoms. The maximum absolute atomic E-state index is 4.98. The standard InChI is InChI=1S/C50H35N5/c1-50(2)41-21-10-12-23-44(41)55-43-29-28-39-38-20-9-11-22-42(38)54(46(39)40(43)31-45(50)55)37-26-24-32(25-27-37)35-18-13-19-36(30-35)49-52-47(33-14-5-3-6-15-33)51-48(53-49)34-16-7-4-8-17-34/h3-31H,1-2H3. The third-order valence-corrected chi connectivity index (χ3v) is 11.4. The summed E-state index contributed by atoms with van der Waals surface area (Å²) in [6.45, 7) is 4.68. The zero-order valence-corrected chi connectivity index (χ0v) is 30.5. The summed E-state index contributed by atoms with van der Waals surface area (Å²) in [5, 5.41) is 3.78. The van der Waals surface area contributed by atoms with Crippen LogP contribution in [-0.2, 0) is 5.41 Å². The monoisotopic (exact) mass is 705 g/mol. The SMILES string of the molecule is CC1(C)c2ccccc2-n2c1cc1c2ccc2c3ccccc3n(-c3ccc(-c4cccc(-c5nc(-c6ccccc6)nc(-c6ccccc6)n5)c4)cc3)c21. The molecule has 3 aromatic heterocycles. The lowest BCUT2D eigenvalue weighted by atomic mass is 9.83. The molecule has 0 radical (unpaired) electrons. The molecule has 10 aromatic rings. The van der Waals surface area contributed by atoms with Gasteiger partial charge in [0.25, 0.3) is 0 Å². The summed E-state index contributed by atoms with van der Waals surface area (Å²) in [5.41, 5.74) is 13.7. The molecule has 0 amide bonds. The van der Waals surface area contributed by atoms with Crippen LogP contribution in [0, 0.1) is 0 Å². The van der Waals surface area contributed by atoms with Crippen molar-refractivity contribution in [1.82, 2.24) is 24.1 Å². The molecule has 0 unspecified atom stereocenters. The van der Waals surface area contributed by atoms with E-state index < -0.39 is 0 Å². The molecule has 0 atom stereocenters. The number of hydrogen-bond acceptors (Lipinski definition) is 3. The van der Waals surface area contributed by atoms with E-state index in [1.807, 2.05) is 60.7 Å². The molecule has 11 rings (SSSR count). The average Bonchev–Trinajstić information content (AvgIpc) is 3.88. The summed E-state index contributed by atoms with van der Waals surface area (Å²) in [6, 6.07) is 62.3. The Kier molecular flexibility index (Phi) is 6.83. The second kappa shape index (κ2) is 12.0. The Bertz CT molecular complexity index is 3040. The molecule has 1 aliphatic rings. The Labute approximate surface area is 318 Å². The van der Waals surface area contributed by atoms with Crippen LogP contribution in [0.15, 0.2) is 176 Å². The topological polar surface area (TPSA) is 48.5 Å². The third-order valence-electron chi connectivity index (χ3n) is 11.4. The van der Waals surface area contributed by atoms with Gasteiger partial charge in [-0.1, -0.05) is 147 Å². The van der Waals surface area contributed by atoms with Crippen LogP contribution in [0.3, 0.4) is 0 Å². The Balaban J connectivity index is 1.03. The van der Waals surface area contributed by atoms with Crippen LogP contribution in [0.25, 0.3) is 89.4 Å². The van der Waals surface area contributed by atoms with Gasteiger partial charge in [0.1, 0.15) is 0 Å². The van der Waals surface area contributed by atoms with Gasteiger partial charge in [-0.25, -0.2) is 15.0 Å². The number of para-hydroxylation sites is 2. The quantitative estimate of drug-likeness (QED) is 0.179. The molecule has 4 heterocycles. The molecular weight excluding hydrogens is 671 g/mol. The van der Waals surface area contributed by atoms with Crippen molar-refractivity contribution in [3.05, 3.63) is 187 Å². The second-order valence-corrected chi connectivity index (χ2v) is 14.9. The Hall–Kier alpha value is -7.11. The first-order chi connectivity index (χ1) is 27.0. The molecular formula is C50H35N5. The maximum Gasteiger partial charge on any atom is 0.164 e. The first-order valence-corrected chi connectivity index (χ1v) is 18.8. The number of nitrogens with zero attached hydrogens (tertiary/aromatic N) is 5. The fourth-order valence-corrected chi connectivity index (χ4v) is 8.64. The minimum absolute atomic E-state index is 0.0947. The van der Waals surface area contributed by atoms with Gasteiger partial charge in [-0.15, -0.1) is 0 Å². The molecule has 0 saturated heterocycles. The molecule has 0 saturated carbocycles. The van der Waals surface area contributed by atoms with Gasteiger partial charge in [0, 0.05) is 55.3 Å². The summed E-state index contributed by atoms with van der Waals surface area (Å²) < 4.78 is 4.92. The number of benzene rings is 7. The largest absolute Gasteiger partial charge is 0.312 e. The summed E-state index contributed by atoms with van der Waals surface area (Å²) in [6.07, 6.45) is 0. The van der Waals surface area contributed by atoms with Crippen molar-refractivity contribution in [3.63, 3.8) is 0 Å². The Morgan fingerprint density at radius 1 is 0.400 bits per heavy atom. The third kappa shape index (κ3) is 4.83. The predicted molar refractivity (Wildman–Crippen MR) is 225 cm³/mol. The van der Waals surface area contributed by atoms with Crippen LogP contribution in [0.4, 0.5) is 0 Å². The van der Waals surface area contributed by atoms with Gasteiger partial charge in [0.15, 0.2) is 17.5 Å². The number of aromatic nitrogens is 5. The molecule has 55 heavy (non-hydrogen) atoms. The lowest BCUT2D eigenvalue weighted by Gasteiger charge is -2.18. The van der Waals surface area contributed by atoms with E-state index in [1.54, 1.807) is 0 Å². The van der Waals surface area contributed by atoms with E-state index in [4.69, 9.17) is 15.0 Å². The zero-order valence-electron chi connectivity index (χ0n) is 30.5. The van der Waals surface area contributed by atoms with Crippen LogP contribution in [0.2, 0.25) is 0 Å². The highest BCUT2D eigenvalue weighted by Crippen LogP contribution is 2.48. The van der Waals surface area contributed by atoms with Crippen LogP contribution in [0.1, 0.15) is 25.1 Å².